The van der Waals surface area contributed by atoms with E-state index >= 15 is 0 Å². The molecule has 0 aliphatic heterocycles. The summed E-state index contributed by atoms with van der Waals surface area (Å²) in [7, 11) is 0. The van der Waals surface area contributed by atoms with Crippen molar-refractivity contribution in [2.45, 2.75) is 31.2 Å². The monoisotopic (exact) mass is 247 g/mol. The first-order valence-electron chi connectivity index (χ1n) is 5.97. The molecule has 0 bridgehead atoms. The van der Waals surface area contributed by atoms with Crippen molar-refractivity contribution >= 4 is 22.4 Å². The quantitative estimate of drug-likeness (QED) is 0.768. The normalized spacial score (nSPS) is 15.8. The third-order valence-electron chi connectivity index (χ3n) is 3.32. The first-order valence-corrected chi connectivity index (χ1v) is 6.51. The Morgan fingerprint density at radius 3 is 2.65 bits per heavy atom. The summed E-state index contributed by atoms with van der Waals surface area (Å²) in [4.78, 5) is 4.39. The largest absolute Gasteiger partial charge is 0.474 e. The molecule has 0 amide bonds. The second kappa shape index (κ2) is 4.53. The van der Waals surface area contributed by atoms with Gasteiger partial charge in [0.25, 0.3) is 0 Å². The van der Waals surface area contributed by atoms with Crippen molar-refractivity contribution in [2.24, 2.45) is 0 Å². The third-order valence-corrected chi connectivity index (χ3v) is 3.60. The summed E-state index contributed by atoms with van der Waals surface area (Å²) < 4.78 is 5.91. The van der Waals surface area contributed by atoms with Crippen LogP contribution in [0.15, 0.2) is 30.5 Å². The number of benzene rings is 1. The summed E-state index contributed by atoms with van der Waals surface area (Å²) in [6, 6.07) is 8.15. The molecule has 1 aliphatic rings. The van der Waals surface area contributed by atoms with Gasteiger partial charge in [0, 0.05) is 17.5 Å². The maximum Gasteiger partial charge on any atom is 0.221 e. The number of fused-ring (bicyclic) bond motifs is 1. The predicted octanol–water partition coefficient (Wildman–Crippen LogP) is 3.90. The number of rotatable bonds is 3. The fourth-order valence-corrected chi connectivity index (χ4v) is 2.29. The molecular formula is C14H14ClNO. The van der Waals surface area contributed by atoms with Crippen molar-refractivity contribution in [3.05, 3.63) is 36.0 Å². The lowest BCUT2D eigenvalue weighted by molar-refractivity contribution is 0.116. The smallest absolute Gasteiger partial charge is 0.221 e. The summed E-state index contributed by atoms with van der Waals surface area (Å²) in [5.74, 6) is 1.23. The zero-order valence-electron chi connectivity index (χ0n) is 9.53. The van der Waals surface area contributed by atoms with E-state index in [9.17, 15) is 0 Å². The van der Waals surface area contributed by atoms with Gasteiger partial charge in [-0.25, -0.2) is 4.98 Å². The second-order valence-corrected chi connectivity index (χ2v) is 4.71. The van der Waals surface area contributed by atoms with Gasteiger partial charge in [-0.3, -0.25) is 0 Å². The van der Waals surface area contributed by atoms with Gasteiger partial charge in [0.1, 0.15) is 6.10 Å². The van der Waals surface area contributed by atoms with Crippen LogP contribution in [-0.2, 0) is 5.88 Å². The average Bonchev–Trinajstić information content (AvgIpc) is 2.33. The van der Waals surface area contributed by atoms with Gasteiger partial charge in [-0.1, -0.05) is 18.2 Å². The summed E-state index contributed by atoms with van der Waals surface area (Å²) in [5, 5.41) is 2.21. The number of hydrogen-bond donors (Lipinski definition) is 0. The second-order valence-electron chi connectivity index (χ2n) is 4.44. The van der Waals surface area contributed by atoms with Gasteiger partial charge in [0.2, 0.25) is 5.88 Å². The van der Waals surface area contributed by atoms with Gasteiger partial charge in [0.05, 0.1) is 0 Å². The first-order chi connectivity index (χ1) is 8.38. The molecule has 1 aromatic carbocycles. The molecule has 1 saturated carbocycles. The third kappa shape index (κ3) is 1.98. The Balaban J connectivity index is 2.05. The molecule has 0 saturated heterocycles. The fraction of sp³-hybridized carbons (Fsp3) is 0.357. The van der Waals surface area contributed by atoms with Gasteiger partial charge in [0.15, 0.2) is 0 Å². The Morgan fingerprint density at radius 1 is 1.24 bits per heavy atom. The molecule has 3 heteroatoms. The van der Waals surface area contributed by atoms with E-state index in [4.69, 9.17) is 16.3 Å². The molecule has 1 heterocycles. The Hall–Kier alpha value is -1.28. The van der Waals surface area contributed by atoms with E-state index in [2.05, 4.69) is 11.1 Å². The zero-order chi connectivity index (χ0) is 11.7. The van der Waals surface area contributed by atoms with Crippen LogP contribution in [0.2, 0.25) is 0 Å². The molecule has 88 valence electrons. The van der Waals surface area contributed by atoms with Crippen LogP contribution in [0.3, 0.4) is 0 Å². The average molecular weight is 248 g/mol. The van der Waals surface area contributed by atoms with Crippen molar-refractivity contribution in [1.29, 1.82) is 0 Å². The highest BCUT2D eigenvalue weighted by atomic mass is 35.5. The van der Waals surface area contributed by atoms with Crippen molar-refractivity contribution in [2.75, 3.05) is 0 Å². The lowest BCUT2D eigenvalue weighted by atomic mass is 9.96. The van der Waals surface area contributed by atoms with E-state index in [1.54, 1.807) is 0 Å². The SMILES string of the molecule is ClCc1cnc(OC2CCC2)c2ccccc12. The number of hydrogen-bond acceptors (Lipinski definition) is 2. The summed E-state index contributed by atoms with van der Waals surface area (Å²) in [5.41, 5.74) is 1.06. The molecular weight excluding hydrogens is 234 g/mol. The van der Waals surface area contributed by atoms with Gasteiger partial charge in [-0.2, -0.15) is 0 Å². The van der Waals surface area contributed by atoms with Crippen LogP contribution in [0, 0.1) is 0 Å². The lowest BCUT2D eigenvalue weighted by Crippen LogP contribution is -2.25. The number of halogens is 1. The highest BCUT2D eigenvalue weighted by Crippen LogP contribution is 2.31. The summed E-state index contributed by atoms with van der Waals surface area (Å²) in [6.07, 6.45) is 5.74. The Kier molecular flexibility index (Phi) is 2.89. The molecule has 1 aromatic heterocycles. The molecule has 1 fully saturated rings. The summed E-state index contributed by atoms with van der Waals surface area (Å²) in [6.45, 7) is 0. The molecule has 1 aliphatic carbocycles. The number of nitrogens with zero attached hydrogens (tertiary/aromatic N) is 1. The molecule has 0 spiro atoms. The molecule has 0 radical (unpaired) electrons. The molecule has 17 heavy (non-hydrogen) atoms. The van der Waals surface area contributed by atoms with E-state index < -0.39 is 0 Å². The molecule has 2 aromatic rings. The number of alkyl halides is 1. The van der Waals surface area contributed by atoms with Crippen molar-refractivity contribution in [3.63, 3.8) is 0 Å². The van der Waals surface area contributed by atoms with Gasteiger partial charge in [-0.15, -0.1) is 11.6 Å². The number of pyridine rings is 1. The minimum absolute atomic E-state index is 0.354. The standard InChI is InChI=1S/C14H14ClNO/c15-8-10-9-16-14(17-11-4-3-5-11)13-7-2-1-6-12(10)13/h1-2,6-7,9,11H,3-5,8H2. The topological polar surface area (TPSA) is 22.1 Å². The van der Waals surface area contributed by atoms with Gasteiger partial charge < -0.3 is 4.74 Å². The molecule has 3 rings (SSSR count). The van der Waals surface area contributed by atoms with E-state index in [1.165, 1.54) is 6.42 Å². The molecule has 0 atom stereocenters. The first kappa shape index (κ1) is 10.8. The van der Waals surface area contributed by atoms with Crippen molar-refractivity contribution < 1.29 is 4.74 Å². The van der Waals surface area contributed by atoms with Crippen LogP contribution in [0.5, 0.6) is 5.88 Å². The Morgan fingerprint density at radius 2 is 2.00 bits per heavy atom. The number of ether oxygens (including phenoxy) is 1. The molecule has 0 unspecified atom stereocenters. The Labute approximate surface area is 106 Å². The minimum Gasteiger partial charge on any atom is -0.474 e. The Bertz CT molecular complexity index is 537. The van der Waals surface area contributed by atoms with Crippen LogP contribution < -0.4 is 4.74 Å². The summed E-state index contributed by atoms with van der Waals surface area (Å²) >= 11 is 5.92. The molecule has 2 nitrogen and oxygen atoms in total. The van der Waals surface area contributed by atoms with E-state index in [-0.39, 0.29) is 0 Å². The van der Waals surface area contributed by atoms with Gasteiger partial charge in [-0.05, 0) is 36.3 Å². The highest BCUT2D eigenvalue weighted by Gasteiger charge is 2.20. The van der Waals surface area contributed by atoms with Gasteiger partial charge >= 0.3 is 0 Å². The van der Waals surface area contributed by atoms with Crippen LogP contribution >= 0.6 is 11.6 Å². The maximum absolute atomic E-state index is 5.92. The van der Waals surface area contributed by atoms with Crippen molar-refractivity contribution in [1.82, 2.24) is 4.98 Å². The molecule has 0 N–H and O–H groups in total. The highest BCUT2D eigenvalue weighted by molar-refractivity contribution is 6.18. The van der Waals surface area contributed by atoms with Crippen LogP contribution in [-0.4, -0.2) is 11.1 Å². The van der Waals surface area contributed by atoms with E-state index in [1.807, 2.05) is 24.4 Å². The van der Waals surface area contributed by atoms with E-state index in [0.29, 0.717) is 12.0 Å². The fourth-order valence-electron chi connectivity index (χ4n) is 2.07. The maximum atomic E-state index is 5.92. The number of aromatic nitrogens is 1. The van der Waals surface area contributed by atoms with Crippen LogP contribution in [0.1, 0.15) is 24.8 Å². The van der Waals surface area contributed by atoms with E-state index in [0.717, 1.165) is 35.1 Å². The zero-order valence-corrected chi connectivity index (χ0v) is 10.3. The van der Waals surface area contributed by atoms with Crippen LogP contribution in [0.25, 0.3) is 10.8 Å². The lowest BCUT2D eigenvalue weighted by Gasteiger charge is -2.26. The minimum atomic E-state index is 0.354. The predicted molar refractivity (Wildman–Crippen MR) is 69.6 cm³/mol. The van der Waals surface area contributed by atoms with Crippen LogP contribution in [0.4, 0.5) is 0 Å². The van der Waals surface area contributed by atoms with Crippen molar-refractivity contribution in [3.8, 4) is 5.88 Å².